The molecule has 1 aliphatic rings. The van der Waals surface area contributed by atoms with Crippen molar-refractivity contribution in [1.82, 2.24) is 4.98 Å². The van der Waals surface area contributed by atoms with E-state index < -0.39 is 5.97 Å². The molecule has 3 aromatic carbocycles. The van der Waals surface area contributed by atoms with Gasteiger partial charge < -0.3 is 14.5 Å². The summed E-state index contributed by atoms with van der Waals surface area (Å²) in [5, 5.41) is 9.88. The summed E-state index contributed by atoms with van der Waals surface area (Å²) in [6, 6.07) is 24.4. The van der Waals surface area contributed by atoms with E-state index in [1.54, 1.807) is 41.7 Å². The second-order valence-corrected chi connectivity index (χ2v) is 8.52. The van der Waals surface area contributed by atoms with Crippen molar-refractivity contribution < 1.29 is 9.53 Å². The van der Waals surface area contributed by atoms with E-state index in [1.807, 2.05) is 24.3 Å². The van der Waals surface area contributed by atoms with Gasteiger partial charge in [-0.3, -0.25) is 0 Å². The maximum absolute atomic E-state index is 12.4. The number of rotatable bonds is 4. The van der Waals surface area contributed by atoms with Crippen molar-refractivity contribution in [3.63, 3.8) is 0 Å². The number of ether oxygens (including phenoxy) is 1. The normalized spacial score (nSPS) is 13.7. The molecular formula is C25H20N4O2S. The summed E-state index contributed by atoms with van der Waals surface area (Å²) in [7, 11) is 0. The van der Waals surface area contributed by atoms with Crippen molar-refractivity contribution in [1.29, 1.82) is 5.26 Å². The van der Waals surface area contributed by atoms with Gasteiger partial charge in [0.05, 0.1) is 27.4 Å². The summed E-state index contributed by atoms with van der Waals surface area (Å²) in [4.78, 5) is 21.9. The number of carbonyl (C=O) groups is 1. The first-order valence-corrected chi connectivity index (χ1v) is 11.2. The number of nitrogens with zero attached hydrogens (tertiary/aromatic N) is 4. The molecule has 0 atom stereocenters. The predicted octanol–water partition coefficient (Wildman–Crippen LogP) is 4.71. The van der Waals surface area contributed by atoms with Gasteiger partial charge in [-0.1, -0.05) is 29.5 Å². The van der Waals surface area contributed by atoms with Crippen LogP contribution in [0.15, 0.2) is 72.8 Å². The number of hydrogen-bond donors (Lipinski definition) is 0. The van der Waals surface area contributed by atoms with E-state index in [0.717, 1.165) is 41.5 Å². The number of anilines is 2. The SMILES string of the molecule is N#Cc1ccc(C(=O)Oc2ccc3nc(N4CCN(c5ccccc5)CC4)sc3c2)cc1. The van der Waals surface area contributed by atoms with Gasteiger partial charge in [0.25, 0.3) is 0 Å². The van der Waals surface area contributed by atoms with E-state index in [-0.39, 0.29) is 0 Å². The molecule has 0 amide bonds. The zero-order valence-corrected chi connectivity index (χ0v) is 18.1. The summed E-state index contributed by atoms with van der Waals surface area (Å²) in [5.74, 6) is 0.0339. The molecule has 0 radical (unpaired) electrons. The lowest BCUT2D eigenvalue weighted by Crippen LogP contribution is -2.46. The fourth-order valence-corrected chi connectivity index (χ4v) is 4.78. The van der Waals surface area contributed by atoms with Crippen molar-refractivity contribution in [3.05, 3.63) is 83.9 Å². The molecule has 4 aromatic rings. The monoisotopic (exact) mass is 440 g/mol. The zero-order valence-electron chi connectivity index (χ0n) is 17.3. The van der Waals surface area contributed by atoms with E-state index in [1.165, 1.54) is 5.69 Å². The maximum atomic E-state index is 12.4. The first-order chi connectivity index (χ1) is 15.7. The average Bonchev–Trinajstić information content (AvgIpc) is 3.28. The Balaban J connectivity index is 1.27. The Kier molecular flexibility index (Phi) is 5.44. The molecule has 158 valence electrons. The molecule has 7 heteroatoms. The lowest BCUT2D eigenvalue weighted by Gasteiger charge is -2.35. The highest BCUT2D eigenvalue weighted by Crippen LogP contribution is 2.32. The van der Waals surface area contributed by atoms with Gasteiger partial charge in [0.1, 0.15) is 5.75 Å². The molecule has 6 nitrogen and oxygen atoms in total. The van der Waals surface area contributed by atoms with E-state index >= 15 is 0 Å². The highest BCUT2D eigenvalue weighted by Gasteiger charge is 2.20. The van der Waals surface area contributed by atoms with Gasteiger partial charge in [0.2, 0.25) is 0 Å². The van der Waals surface area contributed by atoms with Crippen LogP contribution in [0.1, 0.15) is 15.9 Å². The molecule has 1 aliphatic heterocycles. The lowest BCUT2D eigenvalue weighted by atomic mass is 10.1. The van der Waals surface area contributed by atoms with Gasteiger partial charge in [0.15, 0.2) is 5.13 Å². The standard InChI is InChI=1S/C25H20N4O2S/c26-17-18-6-8-19(9-7-18)24(30)31-21-10-11-22-23(16-21)32-25(27-22)29-14-12-28(13-15-29)20-4-2-1-3-5-20/h1-11,16H,12-15H2. The number of benzene rings is 3. The molecule has 1 aromatic heterocycles. The lowest BCUT2D eigenvalue weighted by molar-refractivity contribution is 0.0735. The van der Waals surface area contributed by atoms with Crippen molar-refractivity contribution in [2.75, 3.05) is 36.0 Å². The van der Waals surface area contributed by atoms with E-state index in [4.69, 9.17) is 15.0 Å². The summed E-state index contributed by atoms with van der Waals surface area (Å²) < 4.78 is 6.52. The Morgan fingerprint density at radius 3 is 2.38 bits per heavy atom. The van der Waals surface area contributed by atoms with Crippen LogP contribution in [-0.2, 0) is 0 Å². The van der Waals surface area contributed by atoms with E-state index in [2.05, 4.69) is 34.1 Å². The van der Waals surface area contributed by atoms with Crippen molar-refractivity contribution in [2.45, 2.75) is 0 Å². The molecule has 5 rings (SSSR count). The fraction of sp³-hybridized carbons (Fsp3) is 0.160. The molecule has 0 spiro atoms. The summed E-state index contributed by atoms with van der Waals surface area (Å²) >= 11 is 1.61. The van der Waals surface area contributed by atoms with Crippen LogP contribution < -0.4 is 14.5 Å². The highest BCUT2D eigenvalue weighted by molar-refractivity contribution is 7.22. The Labute approximate surface area is 189 Å². The Morgan fingerprint density at radius 1 is 0.938 bits per heavy atom. The minimum Gasteiger partial charge on any atom is -0.423 e. The largest absolute Gasteiger partial charge is 0.423 e. The Hall–Kier alpha value is -3.89. The molecule has 32 heavy (non-hydrogen) atoms. The molecule has 1 fully saturated rings. The first kappa shape index (κ1) is 20.0. The molecule has 0 unspecified atom stereocenters. The summed E-state index contributed by atoms with van der Waals surface area (Å²) in [6.07, 6.45) is 0. The number of thiazole rings is 1. The predicted molar refractivity (Wildman–Crippen MR) is 127 cm³/mol. The van der Waals surface area contributed by atoms with Crippen molar-refractivity contribution >= 4 is 38.3 Å². The van der Waals surface area contributed by atoms with Crippen LogP contribution in [0.2, 0.25) is 0 Å². The minimum absolute atomic E-state index is 0.408. The number of carbonyl (C=O) groups excluding carboxylic acids is 1. The highest BCUT2D eigenvalue weighted by atomic mass is 32.1. The number of fused-ring (bicyclic) bond motifs is 1. The smallest absolute Gasteiger partial charge is 0.343 e. The zero-order chi connectivity index (χ0) is 21.9. The topological polar surface area (TPSA) is 69.5 Å². The molecule has 0 aliphatic carbocycles. The third-order valence-corrected chi connectivity index (χ3v) is 6.56. The van der Waals surface area contributed by atoms with Crippen molar-refractivity contribution in [2.24, 2.45) is 0 Å². The van der Waals surface area contributed by atoms with E-state index in [9.17, 15) is 4.79 Å². The summed E-state index contributed by atoms with van der Waals surface area (Å²) in [5.41, 5.74) is 3.06. The number of piperazine rings is 1. The third-order valence-electron chi connectivity index (χ3n) is 5.48. The van der Waals surface area contributed by atoms with Gasteiger partial charge in [0, 0.05) is 37.9 Å². The second-order valence-electron chi connectivity index (χ2n) is 7.51. The molecule has 2 heterocycles. The van der Waals surface area contributed by atoms with Crippen LogP contribution in [0.4, 0.5) is 10.8 Å². The van der Waals surface area contributed by atoms with Crippen LogP contribution in [0.5, 0.6) is 5.75 Å². The number of hydrogen-bond acceptors (Lipinski definition) is 7. The maximum Gasteiger partial charge on any atom is 0.343 e. The molecular weight excluding hydrogens is 420 g/mol. The van der Waals surface area contributed by atoms with Gasteiger partial charge in [-0.25, -0.2) is 9.78 Å². The number of aromatic nitrogens is 1. The molecule has 0 N–H and O–H groups in total. The Morgan fingerprint density at radius 2 is 1.66 bits per heavy atom. The van der Waals surface area contributed by atoms with Gasteiger partial charge in [-0.15, -0.1) is 0 Å². The van der Waals surface area contributed by atoms with Crippen LogP contribution >= 0.6 is 11.3 Å². The van der Waals surface area contributed by atoms with Gasteiger partial charge in [-0.2, -0.15) is 5.26 Å². The second kappa shape index (κ2) is 8.69. The molecule has 1 saturated heterocycles. The summed E-state index contributed by atoms with van der Waals surface area (Å²) in [6.45, 7) is 3.73. The fourth-order valence-electron chi connectivity index (χ4n) is 3.73. The Bertz CT molecular complexity index is 1290. The number of nitriles is 1. The van der Waals surface area contributed by atoms with Crippen molar-refractivity contribution in [3.8, 4) is 11.8 Å². The van der Waals surface area contributed by atoms with E-state index in [0.29, 0.717) is 16.9 Å². The number of esters is 1. The third kappa shape index (κ3) is 4.13. The van der Waals surface area contributed by atoms with Crippen LogP contribution in [-0.4, -0.2) is 37.1 Å². The average molecular weight is 441 g/mol. The minimum atomic E-state index is -0.449. The van der Waals surface area contributed by atoms with Gasteiger partial charge >= 0.3 is 5.97 Å². The molecule has 0 bridgehead atoms. The number of para-hydroxylation sites is 1. The quantitative estimate of drug-likeness (QED) is 0.338. The van der Waals surface area contributed by atoms with Crippen LogP contribution in [0.25, 0.3) is 10.2 Å². The molecule has 0 saturated carbocycles. The van der Waals surface area contributed by atoms with Crippen LogP contribution in [0, 0.1) is 11.3 Å². The first-order valence-electron chi connectivity index (χ1n) is 10.4. The van der Waals surface area contributed by atoms with Gasteiger partial charge in [-0.05, 0) is 48.5 Å². The van der Waals surface area contributed by atoms with Crippen LogP contribution in [0.3, 0.4) is 0 Å².